The van der Waals surface area contributed by atoms with Gasteiger partial charge in [-0.2, -0.15) is 5.26 Å². The lowest BCUT2D eigenvalue weighted by Crippen LogP contribution is -1.94. The molecule has 0 aliphatic carbocycles. The third-order valence-corrected chi connectivity index (χ3v) is 3.87. The average Bonchev–Trinajstić information content (AvgIpc) is 3.04. The quantitative estimate of drug-likeness (QED) is 0.560. The number of rotatable bonds is 2. The molecule has 3 aromatic heterocycles. The summed E-state index contributed by atoms with van der Waals surface area (Å²) in [5, 5.41) is 9.18. The molecule has 0 radical (unpaired) electrons. The van der Waals surface area contributed by atoms with Crippen molar-refractivity contribution in [1.29, 1.82) is 5.26 Å². The Morgan fingerprint density at radius 3 is 2.62 bits per heavy atom. The number of imidazole rings is 1. The standard InChI is InChI=1S/C19H11FN4/c20-17-6-2-1-4-16(17)19-15(5-3-9-22-19)13-7-8-18-23-11-14(10-21)24(18)12-13/h1-9,11-12H. The number of aromatic nitrogens is 3. The summed E-state index contributed by atoms with van der Waals surface area (Å²) in [5.41, 5.74) is 3.77. The number of nitriles is 1. The van der Waals surface area contributed by atoms with Gasteiger partial charge < -0.3 is 0 Å². The smallest absolute Gasteiger partial charge is 0.144 e. The predicted molar refractivity (Wildman–Crippen MR) is 88.5 cm³/mol. The van der Waals surface area contributed by atoms with E-state index in [1.54, 1.807) is 28.8 Å². The first-order chi connectivity index (χ1) is 11.8. The summed E-state index contributed by atoms with van der Waals surface area (Å²) >= 11 is 0. The molecule has 0 fully saturated rings. The molecule has 0 aliphatic heterocycles. The molecule has 4 aromatic rings. The summed E-state index contributed by atoms with van der Waals surface area (Å²) in [4.78, 5) is 8.55. The van der Waals surface area contributed by atoms with Crippen LogP contribution in [0.5, 0.6) is 0 Å². The van der Waals surface area contributed by atoms with Gasteiger partial charge >= 0.3 is 0 Å². The first kappa shape index (κ1) is 14.1. The summed E-state index contributed by atoms with van der Waals surface area (Å²) in [7, 11) is 0. The molecule has 24 heavy (non-hydrogen) atoms. The molecule has 0 N–H and O–H groups in total. The second-order valence-electron chi connectivity index (χ2n) is 5.28. The Balaban J connectivity index is 1.95. The Kier molecular flexibility index (Phi) is 3.29. The van der Waals surface area contributed by atoms with Crippen molar-refractivity contribution in [1.82, 2.24) is 14.4 Å². The molecule has 4 rings (SSSR count). The fourth-order valence-corrected chi connectivity index (χ4v) is 2.73. The molecule has 3 heterocycles. The molecule has 0 unspecified atom stereocenters. The van der Waals surface area contributed by atoms with Gasteiger partial charge in [-0.15, -0.1) is 0 Å². The Bertz CT molecular complexity index is 1090. The molecule has 0 saturated heterocycles. The van der Waals surface area contributed by atoms with Crippen LogP contribution in [0, 0.1) is 17.1 Å². The van der Waals surface area contributed by atoms with Crippen molar-refractivity contribution in [3.63, 3.8) is 0 Å². The highest BCUT2D eigenvalue weighted by molar-refractivity contribution is 5.81. The molecule has 5 heteroatoms. The third kappa shape index (κ3) is 2.22. The van der Waals surface area contributed by atoms with Crippen molar-refractivity contribution in [3.05, 3.63) is 78.6 Å². The van der Waals surface area contributed by atoms with Crippen molar-refractivity contribution in [2.75, 3.05) is 0 Å². The summed E-state index contributed by atoms with van der Waals surface area (Å²) in [6.45, 7) is 0. The lowest BCUT2D eigenvalue weighted by Gasteiger charge is -2.10. The minimum atomic E-state index is -0.320. The van der Waals surface area contributed by atoms with Crippen LogP contribution >= 0.6 is 0 Å². The lowest BCUT2D eigenvalue weighted by molar-refractivity contribution is 0.631. The number of hydrogen-bond acceptors (Lipinski definition) is 3. The van der Waals surface area contributed by atoms with E-state index >= 15 is 0 Å². The van der Waals surface area contributed by atoms with E-state index in [1.807, 2.05) is 30.5 Å². The second kappa shape index (κ2) is 5.60. The van der Waals surface area contributed by atoms with Crippen LogP contribution in [0.4, 0.5) is 4.39 Å². The summed E-state index contributed by atoms with van der Waals surface area (Å²) in [6, 6.07) is 16.1. The first-order valence-electron chi connectivity index (χ1n) is 7.35. The van der Waals surface area contributed by atoms with Gasteiger partial charge in [0.05, 0.1) is 11.9 Å². The predicted octanol–water partition coefficient (Wildman–Crippen LogP) is 4.07. The van der Waals surface area contributed by atoms with E-state index in [0.29, 0.717) is 22.6 Å². The lowest BCUT2D eigenvalue weighted by atomic mass is 10.0. The van der Waals surface area contributed by atoms with Crippen LogP contribution < -0.4 is 0 Å². The number of hydrogen-bond donors (Lipinski definition) is 0. The number of fused-ring (bicyclic) bond motifs is 1. The second-order valence-corrected chi connectivity index (χ2v) is 5.28. The molecule has 0 bridgehead atoms. The Labute approximate surface area is 137 Å². The van der Waals surface area contributed by atoms with Crippen LogP contribution in [0.2, 0.25) is 0 Å². The van der Waals surface area contributed by atoms with Gasteiger partial charge in [-0.25, -0.2) is 9.37 Å². The minimum Gasteiger partial charge on any atom is -0.291 e. The van der Waals surface area contributed by atoms with Crippen LogP contribution in [0.1, 0.15) is 5.69 Å². The Hall–Kier alpha value is -3.52. The molecule has 0 aliphatic rings. The normalized spacial score (nSPS) is 10.7. The van der Waals surface area contributed by atoms with Crippen LogP contribution in [0.3, 0.4) is 0 Å². The molecule has 1 aromatic carbocycles. The monoisotopic (exact) mass is 314 g/mol. The number of halogens is 1. The fraction of sp³-hybridized carbons (Fsp3) is 0. The maximum absolute atomic E-state index is 14.2. The van der Waals surface area contributed by atoms with E-state index in [-0.39, 0.29) is 5.82 Å². The minimum absolute atomic E-state index is 0.320. The van der Waals surface area contributed by atoms with Gasteiger partial charge in [0.2, 0.25) is 0 Å². The zero-order chi connectivity index (χ0) is 16.5. The van der Waals surface area contributed by atoms with Gasteiger partial charge in [-0.1, -0.05) is 18.2 Å². The van der Waals surface area contributed by atoms with E-state index in [4.69, 9.17) is 0 Å². The first-order valence-corrected chi connectivity index (χ1v) is 7.35. The molecule has 0 spiro atoms. The highest BCUT2D eigenvalue weighted by atomic mass is 19.1. The average molecular weight is 314 g/mol. The molecular weight excluding hydrogens is 303 g/mol. The van der Waals surface area contributed by atoms with Crippen molar-refractivity contribution in [2.45, 2.75) is 0 Å². The molecule has 0 saturated carbocycles. The SMILES string of the molecule is N#Cc1cnc2ccc(-c3cccnc3-c3ccccc3F)cn12. The molecule has 0 atom stereocenters. The van der Waals surface area contributed by atoms with Crippen molar-refractivity contribution >= 4 is 5.65 Å². The summed E-state index contributed by atoms with van der Waals surface area (Å²) < 4.78 is 15.9. The van der Waals surface area contributed by atoms with E-state index in [9.17, 15) is 9.65 Å². The Morgan fingerprint density at radius 2 is 1.79 bits per heavy atom. The molecule has 114 valence electrons. The zero-order valence-electron chi connectivity index (χ0n) is 12.5. The van der Waals surface area contributed by atoms with Crippen LogP contribution in [0.25, 0.3) is 28.0 Å². The number of pyridine rings is 2. The van der Waals surface area contributed by atoms with E-state index in [2.05, 4.69) is 16.0 Å². The van der Waals surface area contributed by atoms with Crippen LogP contribution in [-0.4, -0.2) is 14.4 Å². The number of benzene rings is 1. The highest BCUT2D eigenvalue weighted by Gasteiger charge is 2.13. The van der Waals surface area contributed by atoms with Crippen LogP contribution in [-0.2, 0) is 0 Å². The van der Waals surface area contributed by atoms with Crippen LogP contribution in [0.15, 0.2) is 67.1 Å². The van der Waals surface area contributed by atoms with Crippen molar-refractivity contribution in [2.24, 2.45) is 0 Å². The third-order valence-electron chi connectivity index (χ3n) is 3.87. The van der Waals surface area contributed by atoms with Gasteiger partial charge in [0.25, 0.3) is 0 Å². The zero-order valence-corrected chi connectivity index (χ0v) is 12.5. The largest absolute Gasteiger partial charge is 0.291 e. The van der Waals surface area contributed by atoms with Gasteiger partial charge in [0.15, 0.2) is 0 Å². The van der Waals surface area contributed by atoms with Gasteiger partial charge in [-0.05, 0) is 30.3 Å². The Morgan fingerprint density at radius 1 is 0.958 bits per heavy atom. The topological polar surface area (TPSA) is 54.0 Å². The summed E-state index contributed by atoms with van der Waals surface area (Å²) in [6.07, 6.45) is 4.99. The van der Waals surface area contributed by atoms with Gasteiger partial charge in [0.1, 0.15) is 23.2 Å². The molecule has 0 amide bonds. The maximum atomic E-state index is 14.2. The van der Waals surface area contributed by atoms with E-state index in [1.165, 1.54) is 12.3 Å². The van der Waals surface area contributed by atoms with E-state index in [0.717, 1.165) is 11.1 Å². The van der Waals surface area contributed by atoms with Gasteiger partial charge in [0, 0.05) is 29.1 Å². The van der Waals surface area contributed by atoms with Crippen molar-refractivity contribution in [3.8, 4) is 28.5 Å². The summed E-state index contributed by atoms with van der Waals surface area (Å²) in [5.74, 6) is -0.320. The molecular formula is C19H11FN4. The maximum Gasteiger partial charge on any atom is 0.144 e. The van der Waals surface area contributed by atoms with Crippen molar-refractivity contribution < 1.29 is 4.39 Å². The highest BCUT2D eigenvalue weighted by Crippen LogP contribution is 2.31. The molecule has 4 nitrogen and oxygen atoms in total. The fourth-order valence-electron chi connectivity index (χ4n) is 2.73. The van der Waals surface area contributed by atoms with Gasteiger partial charge in [-0.3, -0.25) is 9.38 Å². The van der Waals surface area contributed by atoms with E-state index < -0.39 is 0 Å². The number of nitrogens with zero attached hydrogens (tertiary/aromatic N) is 4.